The van der Waals surface area contributed by atoms with Crippen molar-refractivity contribution >= 4 is 27.6 Å². The number of nitrogens with zero attached hydrogens (tertiary/aromatic N) is 2. The SMILES string of the molecule is CS(=O)(=O)N1CCc2cc(C(=O)N3C(C(=O)O)CC4CCCCC43)ccc21. The number of carbonyl (C=O) groups excluding carboxylic acids is 1. The van der Waals surface area contributed by atoms with Crippen molar-refractivity contribution in [2.45, 2.75) is 50.6 Å². The lowest BCUT2D eigenvalue weighted by Gasteiger charge is -2.33. The molecule has 0 spiro atoms. The lowest BCUT2D eigenvalue weighted by molar-refractivity contribution is -0.141. The summed E-state index contributed by atoms with van der Waals surface area (Å²) in [5, 5.41) is 9.64. The molecule has 7 nitrogen and oxygen atoms in total. The molecule has 0 bridgehead atoms. The van der Waals surface area contributed by atoms with Gasteiger partial charge in [0.15, 0.2) is 0 Å². The second kappa shape index (κ2) is 6.51. The van der Waals surface area contributed by atoms with Gasteiger partial charge in [-0.15, -0.1) is 0 Å². The first-order chi connectivity index (χ1) is 12.8. The van der Waals surface area contributed by atoms with Crippen molar-refractivity contribution in [3.05, 3.63) is 29.3 Å². The van der Waals surface area contributed by atoms with Crippen molar-refractivity contribution in [2.75, 3.05) is 17.1 Å². The Balaban J connectivity index is 1.65. The van der Waals surface area contributed by atoms with Crippen molar-refractivity contribution in [3.63, 3.8) is 0 Å². The molecule has 2 heterocycles. The standard InChI is InChI=1S/C19H24N2O5S/c1-27(25,26)20-9-8-13-10-14(6-7-15(13)20)18(22)21-16-5-3-2-4-12(16)11-17(21)19(23)24/h6-7,10,12,16-17H,2-5,8-9,11H2,1H3,(H,23,24). The van der Waals surface area contributed by atoms with Crippen LogP contribution in [0.4, 0.5) is 5.69 Å². The van der Waals surface area contributed by atoms with Gasteiger partial charge in [0, 0.05) is 18.2 Å². The molecular formula is C19H24N2O5S. The number of aliphatic carboxylic acids is 1. The molecule has 8 heteroatoms. The van der Waals surface area contributed by atoms with Gasteiger partial charge < -0.3 is 10.0 Å². The Kier molecular flexibility index (Phi) is 4.41. The Bertz CT molecular complexity index is 897. The van der Waals surface area contributed by atoms with Crippen molar-refractivity contribution in [1.82, 2.24) is 4.90 Å². The first-order valence-electron chi connectivity index (χ1n) is 9.43. The third-order valence-electron chi connectivity index (χ3n) is 6.19. The van der Waals surface area contributed by atoms with Gasteiger partial charge in [0.25, 0.3) is 5.91 Å². The summed E-state index contributed by atoms with van der Waals surface area (Å²) in [4.78, 5) is 26.6. The molecule has 27 heavy (non-hydrogen) atoms. The summed E-state index contributed by atoms with van der Waals surface area (Å²) in [5.74, 6) is -0.932. The summed E-state index contributed by atoms with van der Waals surface area (Å²) in [6, 6.07) is 4.25. The number of anilines is 1. The van der Waals surface area contributed by atoms with Crippen LogP contribution in [0, 0.1) is 5.92 Å². The lowest BCUT2D eigenvalue weighted by atomic mass is 9.84. The van der Waals surface area contributed by atoms with E-state index in [4.69, 9.17) is 0 Å². The first kappa shape index (κ1) is 18.3. The van der Waals surface area contributed by atoms with E-state index < -0.39 is 22.0 Å². The lowest BCUT2D eigenvalue weighted by Crippen LogP contribution is -2.46. The summed E-state index contributed by atoms with van der Waals surface area (Å²) < 4.78 is 25.1. The van der Waals surface area contributed by atoms with E-state index in [9.17, 15) is 23.1 Å². The van der Waals surface area contributed by atoms with Crippen LogP contribution in [-0.2, 0) is 21.2 Å². The number of hydrogen-bond acceptors (Lipinski definition) is 4. The van der Waals surface area contributed by atoms with Crippen LogP contribution in [0.5, 0.6) is 0 Å². The minimum Gasteiger partial charge on any atom is -0.480 e. The van der Waals surface area contributed by atoms with E-state index in [1.807, 2.05) is 0 Å². The average Bonchev–Trinajstić information content (AvgIpc) is 3.21. The molecule has 3 unspecified atom stereocenters. The molecule has 0 radical (unpaired) electrons. The minimum atomic E-state index is -3.34. The Morgan fingerprint density at radius 3 is 2.63 bits per heavy atom. The maximum absolute atomic E-state index is 13.2. The van der Waals surface area contributed by atoms with E-state index in [1.165, 1.54) is 10.6 Å². The molecule has 4 rings (SSSR count). The van der Waals surface area contributed by atoms with Gasteiger partial charge in [0.2, 0.25) is 10.0 Å². The predicted octanol–water partition coefficient (Wildman–Crippen LogP) is 1.87. The highest BCUT2D eigenvalue weighted by Crippen LogP contribution is 2.41. The monoisotopic (exact) mass is 392 g/mol. The van der Waals surface area contributed by atoms with Gasteiger partial charge >= 0.3 is 5.97 Å². The van der Waals surface area contributed by atoms with Crippen LogP contribution < -0.4 is 4.31 Å². The largest absolute Gasteiger partial charge is 0.480 e. The molecule has 1 aliphatic carbocycles. The second-order valence-corrected chi connectivity index (χ2v) is 9.75. The summed E-state index contributed by atoms with van der Waals surface area (Å²) >= 11 is 0. The highest BCUT2D eigenvalue weighted by molar-refractivity contribution is 7.92. The van der Waals surface area contributed by atoms with Gasteiger partial charge in [-0.2, -0.15) is 0 Å². The molecular weight excluding hydrogens is 368 g/mol. The molecule has 1 saturated carbocycles. The number of carboxylic acid groups (broad SMARTS) is 1. The zero-order chi connectivity index (χ0) is 19.3. The Morgan fingerprint density at radius 2 is 1.93 bits per heavy atom. The van der Waals surface area contributed by atoms with Gasteiger partial charge in [-0.3, -0.25) is 9.10 Å². The molecule has 2 fully saturated rings. The smallest absolute Gasteiger partial charge is 0.326 e. The van der Waals surface area contributed by atoms with Crippen LogP contribution >= 0.6 is 0 Å². The molecule has 146 valence electrons. The Labute approximate surface area is 159 Å². The van der Waals surface area contributed by atoms with Gasteiger partial charge in [0.05, 0.1) is 11.9 Å². The maximum Gasteiger partial charge on any atom is 0.326 e. The third kappa shape index (κ3) is 3.09. The van der Waals surface area contributed by atoms with Gasteiger partial charge in [-0.25, -0.2) is 13.2 Å². The third-order valence-corrected chi connectivity index (χ3v) is 7.37. The highest BCUT2D eigenvalue weighted by Gasteiger charge is 2.47. The second-order valence-electron chi connectivity index (χ2n) is 7.84. The quantitative estimate of drug-likeness (QED) is 0.847. The molecule has 3 atom stereocenters. The number of carbonyl (C=O) groups is 2. The van der Waals surface area contributed by atoms with E-state index >= 15 is 0 Å². The molecule has 3 aliphatic rings. The molecule has 1 aromatic rings. The molecule has 1 saturated heterocycles. The number of sulfonamides is 1. The number of carboxylic acids is 1. The molecule has 1 N–H and O–H groups in total. The topological polar surface area (TPSA) is 95.0 Å². The zero-order valence-corrected chi connectivity index (χ0v) is 16.1. The summed E-state index contributed by atoms with van der Waals surface area (Å²) in [6.07, 6.45) is 6.20. The minimum absolute atomic E-state index is 0.00637. The van der Waals surface area contributed by atoms with Gasteiger partial charge in [-0.05, 0) is 55.4 Å². The first-order valence-corrected chi connectivity index (χ1v) is 11.3. The fourth-order valence-electron chi connectivity index (χ4n) is 4.97. The average molecular weight is 392 g/mol. The molecule has 1 aromatic carbocycles. The summed E-state index contributed by atoms with van der Waals surface area (Å²) in [6.45, 7) is 0.373. The van der Waals surface area contributed by atoms with Crippen LogP contribution in [0.15, 0.2) is 18.2 Å². The molecule has 1 amide bonds. The van der Waals surface area contributed by atoms with Crippen molar-refractivity contribution in [2.24, 2.45) is 5.92 Å². The van der Waals surface area contributed by atoms with E-state index in [-0.39, 0.29) is 17.9 Å². The summed E-state index contributed by atoms with van der Waals surface area (Å²) in [7, 11) is -3.34. The van der Waals surface area contributed by atoms with Gasteiger partial charge in [0.1, 0.15) is 6.04 Å². The zero-order valence-electron chi connectivity index (χ0n) is 15.3. The molecule has 2 aliphatic heterocycles. The number of benzene rings is 1. The van der Waals surface area contributed by atoms with Crippen LogP contribution in [0.3, 0.4) is 0 Å². The van der Waals surface area contributed by atoms with Crippen molar-refractivity contribution in [3.8, 4) is 0 Å². The number of fused-ring (bicyclic) bond motifs is 2. The van der Waals surface area contributed by atoms with Gasteiger partial charge in [-0.1, -0.05) is 12.8 Å². The van der Waals surface area contributed by atoms with Crippen molar-refractivity contribution < 1.29 is 23.1 Å². The van der Waals surface area contributed by atoms with Crippen molar-refractivity contribution in [1.29, 1.82) is 0 Å². The number of likely N-dealkylation sites (tertiary alicyclic amines) is 1. The highest BCUT2D eigenvalue weighted by atomic mass is 32.2. The maximum atomic E-state index is 13.2. The number of hydrogen-bond donors (Lipinski definition) is 1. The molecule has 0 aromatic heterocycles. The van der Waals surface area contributed by atoms with Crippen LogP contribution in [0.25, 0.3) is 0 Å². The van der Waals surface area contributed by atoms with E-state index in [2.05, 4.69) is 0 Å². The van der Waals surface area contributed by atoms with E-state index in [0.29, 0.717) is 30.6 Å². The van der Waals surface area contributed by atoms with E-state index in [0.717, 1.165) is 31.2 Å². The Hall–Kier alpha value is -2.09. The van der Waals surface area contributed by atoms with Crippen LogP contribution in [0.1, 0.15) is 48.0 Å². The fraction of sp³-hybridized carbons (Fsp3) is 0.579. The normalized spacial score (nSPS) is 27.4. The number of rotatable bonds is 3. The Morgan fingerprint density at radius 1 is 1.19 bits per heavy atom. The fourth-order valence-corrected chi connectivity index (χ4v) is 5.93. The van der Waals surface area contributed by atoms with E-state index in [1.54, 1.807) is 23.1 Å². The van der Waals surface area contributed by atoms with Crippen LogP contribution in [0.2, 0.25) is 0 Å². The van der Waals surface area contributed by atoms with Crippen LogP contribution in [-0.4, -0.2) is 55.2 Å². The summed E-state index contributed by atoms with van der Waals surface area (Å²) in [5.41, 5.74) is 1.87. The predicted molar refractivity (Wildman–Crippen MR) is 100 cm³/mol. The number of amides is 1.